The fraction of sp³-hybridized carbons (Fsp3) is 0.360. The maximum absolute atomic E-state index is 13.0. The summed E-state index contributed by atoms with van der Waals surface area (Å²) in [6, 6.07) is 13.0. The summed E-state index contributed by atoms with van der Waals surface area (Å²) in [7, 11) is 0. The minimum absolute atomic E-state index is 0.222. The van der Waals surface area contributed by atoms with Gasteiger partial charge in [0, 0.05) is 30.0 Å². The first-order valence-corrected chi connectivity index (χ1v) is 11.4. The average Bonchev–Trinajstić information content (AvgIpc) is 2.80. The minimum atomic E-state index is -4.37. The molecule has 0 radical (unpaired) electrons. The van der Waals surface area contributed by atoms with E-state index in [-0.39, 0.29) is 6.54 Å². The lowest BCUT2D eigenvalue weighted by Gasteiger charge is -2.25. The SMILES string of the molecule is NC1CCC(Cc2cc(-c3cccc(NCc4cccc(C(F)(F)F)c4)n3)c(Cl)cn2)CC1. The third-order valence-corrected chi connectivity index (χ3v) is 6.36. The predicted octanol–water partition coefficient (Wildman–Crippen LogP) is 6.49. The topological polar surface area (TPSA) is 63.8 Å². The molecule has 3 aromatic rings. The molecular weight excluding hydrogens is 449 g/mol. The van der Waals surface area contributed by atoms with Crippen LogP contribution in [0.4, 0.5) is 19.0 Å². The molecule has 1 aromatic carbocycles. The van der Waals surface area contributed by atoms with Crippen LogP contribution < -0.4 is 11.1 Å². The average molecular weight is 475 g/mol. The zero-order chi connectivity index (χ0) is 23.4. The molecule has 0 aliphatic heterocycles. The molecule has 0 amide bonds. The second kappa shape index (κ2) is 10.1. The maximum atomic E-state index is 13.0. The van der Waals surface area contributed by atoms with Crippen molar-refractivity contribution < 1.29 is 13.2 Å². The molecule has 1 aliphatic rings. The molecule has 1 saturated carbocycles. The van der Waals surface area contributed by atoms with Crippen LogP contribution in [0.1, 0.15) is 42.5 Å². The number of benzene rings is 1. The number of anilines is 1. The number of pyridine rings is 2. The molecule has 174 valence electrons. The first kappa shape index (κ1) is 23.5. The van der Waals surface area contributed by atoms with E-state index in [1.54, 1.807) is 18.3 Å². The highest BCUT2D eigenvalue weighted by molar-refractivity contribution is 6.33. The van der Waals surface area contributed by atoms with Crippen molar-refractivity contribution in [3.05, 3.63) is 76.6 Å². The monoisotopic (exact) mass is 474 g/mol. The van der Waals surface area contributed by atoms with Crippen LogP contribution in [-0.2, 0) is 19.1 Å². The van der Waals surface area contributed by atoms with Gasteiger partial charge in [0.25, 0.3) is 0 Å². The van der Waals surface area contributed by atoms with Crippen LogP contribution in [0.2, 0.25) is 5.02 Å². The Morgan fingerprint density at radius 2 is 1.79 bits per heavy atom. The number of rotatable bonds is 6. The Balaban J connectivity index is 1.47. The van der Waals surface area contributed by atoms with E-state index >= 15 is 0 Å². The molecule has 0 bridgehead atoms. The van der Waals surface area contributed by atoms with Gasteiger partial charge >= 0.3 is 6.18 Å². The number of halogens is 4. The van der Waals surface area contributed by atoms with Crippen molar-refractivity contribution in [3.63, 3.8) is 0 Å². The number of nitrogens with one attached hydrogen (secondary N) is 1. The summed E-state index contributed by atoms with van der Waals surface area (Å²) in [5, 5.41) is 3.61. The van der Waals surface area contributed by atoms with E-state index in [1.807, 2.05) is 18.2 Å². The summed E-state index contributed by atoms with van der Waals surface area (Å²) in [4.78, 5) is 9.13. The summed E-state index contributed by atoms with van der Waals surface area (Å²) in [6.07, 6.45) is 2.48. The molecule has 3 N–H and O–H groups in total. The molecule has 1 fully saturated rings. The van der Waals surface area contributed by atoms with Crippen LogP contribution >= 0.6 is 11.6 Å². The first-order valence-electron chi connectivity index (χ1n) is 11.1. The Morgan fingerprint density at radius 1 is 1.03 bits per heavy atom. The van der Waals surface area contributed by atoms with Gasteiger partial charge in [-0.05, 0) is 73.9 Å². The van der Waals surface area contributed by atoms with Crippen LogP contribution in [0.5, 0.6) is 0 Å². The van der Waals surface area contributed by atoms with Crippen molar-refractivity contribution in [1.29, 1.82) is 0 Å². The number of hydrogen-bond acceptors (Lipinski definition) is 4. The van der Waals surface area contributed by atoms with Gasteiger partial charge in [0.2, 0.25) is 0 Å². The van der Waals surface area contributed by atoms with Crippen LogP contribution in [-0.4, -0.2) is 16.0 Å². The van der Waals surface area contributed by atoms with E-state index in [0.717, 1.165) is 55.5 Å². The fourth-order valence-corrected chi connectivity index (χ4v) is 4.41. The van der Waals surface area contributed by atoms with E-state index < -0.39 is 11.7 Å². The Hall–Kier alpha value is -2.64. The quantitative estimate of drug-likeness (QED) is 0.428. The van der Waals surface area contributed by atoms with Crippen molar-refractivity contribution in [2.75, 3.05) is 5.32 Å². The van der Waals surface area contributed by atoms with E-state index in [9.17, 15) is 13.2 Å². The van der Waals surface area contributed by atoms with E-state index in [2.05, 4.69) is 15.3 Å². The summed E-state index contributed by atoms with van der Waals surface area (Å²) in [5.41, 5.74) is 8.31. The van der Waals surface area contributed by atoms with Crippen molar-refractivity contribution in [2.24, 2.45) is 11.7 Å². The molecule has 1 aliphatic carbocycles. The van der Waals surface area contributed by atoms with Crippen molar-refractivity contribution in [2.45, 2.75) is 50.9 Å². The number of aromatic nitrogens is 2. The van der Waals surface area contributed by atoms with E-state index in [0.29, 0.717) is 34.1 Å². The molecule has 33 heavy (non-hydrogen) atoms. The lowest BCUT2D eigenvalue weighted by atomic mass is 9.83. The summed E-state index contributed by atoms with van der Waals surface area (Å²) in [6.45, 7) is 0.222. The van der Waals surface area contributed by atoms with Crippen molar-refractivity contribution in [3.8, 4) is 11.3 Å². The zero-order valence-electron chi connectivity index (χ0n) is 18.1. The number of hydrogen-bond donors (Lipinski definition) is 2. The molecule has 0 atom stereocenters. The van der Waals surface area contributed by atoms with E-state index in [1.165, 1.54) is 6.07 Å². The highest BCUT2D eigenvalue weighted by Gasteiger charge is 2.30. The Labute approximate surface area is 196 Å². The largest absolute Gasteiger partial charge is 0.416 e. The van der Waals surface area contributed by atoms with Crippen LogP contribution in [0.15, 0.2) is 54.7 Å². The summed E-state index contributed by atoms with van der Waals surface area (Å²) in [5.74, 6) is 1.13. The second-order valence-corrected chi connectivity index (χ2v) is 9.01. The Kier molecular flexibility index (Phi) is 7.20. The van der Waals surface area contributed by atoms with Crippen molar-refractivity contribution >= 4 is 17.4 Å². The standard InChI is InChI=1S/C25H26ClF3N4/c26-22-15-31-20(12-16-7-9-19(30)10-8-16)13-21(22)23-5-2-6-24(33-23)32-14-17-3-1-4-18(11-17)25(27,28)29/h1-6,11,13,15-16,19H,7-10,12,14,30H2,(H,32,33). The van der Waals surface area contributed by atoms with Crippen LogP contribution in [0.3, 0.4) is 0 Å². The molecule has 8 heteroatoms. The van der Waals surface area contributed by atoms with Gasteiger partial charge in [-0.3, -0.25) is 4.98 Å². The zero-order valence-corrected chi connectivity index (χ0v) is 18.8. The lowest BCUT2D eigenvalue weighted by molar-refractivity contribution is -0.137. The van der Waals surface area contributed by atoms with Gasteiger partial charge in [0.05, 0.1) is 16.3 Å². The normalized spacial score (nSPS) is 18.8. The molecule has 0 unspecified atom stereocenters. The highest BCUT2D eigenvalue weighted by atomic mass is 35.5. The van der Waals surface area contributed by atoms with Crippen molar-refractivity contribution in [1.82, 2.24) is 9.97 Å². The Bertz CT molecular complexity index is 1100. The lowest BCUT2D eigenvalue weighted by Crippen LogP contribution is -2.27. The van der Waals surface area contributed by atoms with Gasteiger partial charge in [-0.1, -0.05) is 29.8 Å². The second-order valence-electron chi connectivity index (χ2n) is 8.60. The van der Waals surface area contributed by atoms with Gasteiger partial charge in [-0.2, -0.15) is 13.2 Å². The van der Waals surface area contributed by atoms with Gasteiger partial charge in [0.1, 0.15) is 5.82 Å². The molecular formula is C25H26ClF3N4. The van der Waals surface area contributed by atoms with Gasteiger partial charge < -0.3 is 11.1 Å². The molecule has 4 nitrogen and oxygen atoms in total. The molecule has 0 saturated heterocycles. The Morgan fingerprint density at radius 3 is 2.55 bits per heavy atom. The smallest absolute Gasteiger partial charge is 0.366 e. The molecule has 0 spiro atoms. The van der Waals surface area contributed by atoms with Gasteiger partial charge in [-0.15, -0.1) is 0 Å². The number of nitrogens with zero attached hydrogens (tertiary/aromatic N) is 2. The fourth-order valence-electron chi connectivity index (χ4n) is 4.21. The molecule has 2 heterocycles. The predicted molar refractivity (Wildman–Crippen MR) is 125 cm³/mol. The highest BCUT2D eigenvalue weighted by Crippen LogP contribution is 2.31. The molecule has 4 rings (SSSR count). The third kappa shape index (κ3) is 6.24. The minimum Gasteiger partial charge on any atom is -0.366 e. The summed E-state index contributed by atoms with van der Waals surface area (Å²) >= 11 is 6.43. The van der Waals surface area contributed by atoms with Gasteiger partial charge in [0.15, 0.2) is 0 Å². The van der Waals surface area contributed by atoms with Crippen LogP contribution in [0, 0.1) is 5.92 Å². The maximum Gasteiger partial charge on any atom is 0.416 e. The molecule has 2 aromatic heterocycles. The summed E-state index contributed by atoms with van der Waals surface area (Å²) < 4.78 is 38.9. The van der Waals surface area contributed by atoms with Crippen LogP contribution in [0.25, 0.3) is 11.3 Å². The number of nitrogens with two attached hydrogens (primary N) is 1. The third-order valence-electron chi connectivity index (χ3n) is 6.05. The first-order chi connectivity index (χ1) is 15.8. The van der Waals surface area contributed by atoms with Gasteiger partial charge in [-0.25, -0.2) is 4.98 Å². The number of alkyl halides is 3. The van der Waals surface area contributed by atoms with E-state index in [4.69, 9.17) is 17.3 Å².